The average molecular weight is 286 g/mol. The van der Waals surface area contributed by atoms with Gasteiger partial charge in [0, 0.05) is 31.3 Å². The SMILES string of the molecule is CN(C)c1ccc(-c2nc(C3CC3)c(C(=N)N)s2)cc1. The Kier molecular flexibility index (Phi) is 3.22. The maximum Gasteiger partial charge on any atom is 0.135 e. The monoisotopic (exact) mass is 286 g/mol. The van der Waals surface area contributed by atoms with Gasteiger partial charge >= 0.3 is 0 Å². The molecule has 1 aromatic heterocycles. The molecule has 3 N–H and O–H groups in total. The first-order valence-electron chi connectivity index (χ1n) is 6.69. The van der Waals surface area contributed by atoms with Gasteiger partial charge in [0.2, 0.25) is 0 Å². The van der Waals surface area contributed by atoms with Gasteiger partial charge < -0.3 is 10.6 Å². The zero-order valence-electron chi connectivity index (χ0n) is 11.7. The van der Waals surface area contributed by atoms with Crippen LogP contribution in [0.4, 0.5) is 5.69 Å². The van der Waals surface area contributed by atoms with Crippen molar-refractivity contribution in [1.29, 1.82) is 5.41 Å². The summed E-state index contributed by atoms with van der Waals surface area (Å²) in [7, 11) is 4.05. The highest BCUT2D eigenvalue weighted by atomic mass is 32.1. The Morgan fingerprint density at radius 2 is 1.95 bits per heavy atom. The summed E-state index contributed by atoms with van der Waals surface area (Å²) in [5.74, 6) is 0.653. The standard InChI is InChI=1S/C15H18N4S/c1-19(2)11-7-5-10(6-8-11)15-18-12(9-3-4-9)13(20-15)14(16)17/h5-9H,3-4H2,1-2H3,(H3,16,17). The fourth-order valence-corrected chi connectivity index (χ4v) is 3.20. The number of aromatic nitrogens is 1. The Bertz CT molecular complexity index is 638. The molecule has 0 unspecified atom stereocenters. The maximum atomic E-state index is 7.71. The highest BCUT2D eigenvalue weighted by Crippen LogP contribution is 2.44. The first-order valence-corrected chi connectivity index (χ1v) is 7.51. The molecule has 0 aliphatic heterocycles. The van der Waals surface area contributed by atoms with Crippen molar-refractivity contribution >= 4 is 22.9 Å². The van der Waals surface area contributed by atoms with E-state index in [-0.39, 0.29) is 5.84 Å². The van der Waals surface area contributed by atoms with Crippen LogP contribution < -0.4 is 10.6 Å². The minimum absolute atomic E-state index is 0.139. The third-order valence-electron chi connectivity index (χ3n) is 3.49. The van der Waals surface area contributed by atoms with E-state index < -0.39 is 0 Å². The summed E-state index contributed by atoms with van der Waals surface area (Å²) in [5, 5.41) is 8.67. The summed E-state index contributed by atoms with van der Waals surface area (Å²) >= 11 is 1.53. The van der Waals surface area contributed by atoms with Crippen LogP contribution in [0.15, 0.2) is 24.3 Å². The lowest BCUT2D eigenvalue weighted by Gasteiger charge is -2.11. The molecule has 4 nitrogen and oxygen atoms in total. The van der Waals surface area contributed by atoms with Crippen LogP contribution in [-0.4, -0.2) is 24.9 Å². The molecule has 3 rings (SSSR count). The number of amidine groups is 1. The van der Waals surface area contributed by atoms with Gasteiger partial charge in [0.25, 0.3) is 0 Å². The summed E-state index contributed by atoms with van der Waals surface area (Å²) in [6.07, 6.45) is 2.34. The Balaban J connectivity index is 1.97. The molecule has 1 heterocycles. The number of benzene rings is 1. The minimum Gasteiger partial charge on any atom is -0.383 e. The van der Waals surface area contributed by atoms with Gasteiger partial charge in [0.05, 0.1) is 10.6 Å². The number of nitrogen functional groups attached to an aromatic ring is 1. The second kappa shape index (κ2) is 4.90. The van der Waals surface area contributed by atoms with E-state index in [0.29, 0.717) is 5.92 Å². The Morgan fingerprint density at radius 3 is 2.45 bits per heavy atom. The van der Waals surface area contributed by atoms with Crippen molar-refractivity contribution in [3.8, 4) is 10.6 Å². The van der Waals surface area contributed by atoms with Crippen molar-refractivity contribution in [1.82, 2.24) is 4.98 Å². The van der Waals surface area contributed by atoms with E-state index in [2.05, 4.69) is 29.2 Å². The van der Waals surface area contributed by atoms with Crippen LogP contribution in [0.1, 0.15) is 29.3 Å². The molecule has 1 aliphatic rings. The molecule has 1 aliphatic carbocycles. The molecule has 0 radical (unpaired) electrons. The van der Waals surface area contributed by atoms with Gasteiger partial charge in [-0.1, -0.05) is 0 Å². The molecule has 104 valence electrons. The van der Waals surface area contributed by atoms with Gasteiger partial charge in [-0.3, -0.25) is 5.41 Å². The molecule has 1 fully saturated rings. The topological polar surface area (TPSA) is 66.0 Å². The molecule has 0 atom stereocenters. The van der Waals surface area contributed by atoms with E-state index in [9.17, 15) is 0 Å². The number of thiazole rings is 1. The molecule has 2 aromatic rings. The molecule has 1 saturated carbocycles. The lowest BCUT2D eigenvalue weighted by Crippen LogP contribution is -2.11. The van der Waals surface area contributed by atoms with Gasteiger partial charge in [-0.25, -0.2) is 4.98 Å². The van der Waals surface area contributed by atoms with Gasteiger partial charge in [0.1, 0.15) is 10.8 Å². The Labute approximate surface area is 122 Å². The molecule has 0 spiro atoms. The first-order chi connectivity index (χ1) is 9.56. The highest BCUT2D eigenvalue weighted by molar-refractivity contribution is 7.17. The lowest BCUT2D eigenvalue weighted by molar-refractivity contribution is 1.05. The summed E-state index contributed by atoms with van der Waals surface area (Å²) in [5.41, 5.74) is 8.96. The van der Waals surface area contributed by atoms with Crippen molar-refractivity contribution in [3.63, 3.8) is 0 Å². The molecular weight excluding hydrogens is 268 g/mol. The molecule has 1 aromatic carbocycles. The fourth-order valence-electron chi connectivity index (χ4n) is 2.18. The predicted octanol–water partition coefficient (Wildman–Crippen LogP) is 3.04. The van der Waals surface area contributed by atoms with Crippen molar-refractivity contribution in [3.05, 3.63) is 34.8 Å². The Morgan fingerprint density at radius 1 is 1.30 bits per heavy atom. The maximum absolute atomic E-state index is 7.71. The molecule has 0 saturated heterocycles. The zero-order valence-corrected chi connectivity index (χ0v) is 12.5. The summed E-state index contributed by atoms with van der Waals surface area (Å²) < 4.78 is 0. The normalized spacial score (nSPS) is 14.3. The summed E-state index contributed by atoms with van der Waals surface area (Å²) in [6.45, 7) is 0. The molecule has 0 amide bonds. The van der Waals surface area contributed by atoms with Crippen molar-refractivity contribution in [2.24, 2.45) is 5.73 Å². The van der Waals surface area contributed by atoms with Gasteiger partial charge in [-0.05, 0) is 37.1 Å². The van der Waals surface area contributed by atoms with E-state index in [1.807, 2.05) is 14.1 Å². The predicted molar refractivity (Wildman–Crippen MR) is 84.9 cm³/mol. The van der Waals surface area contributed by atoms with Crippen LogP contribution in [-0.2, 0) is 0 Å². The van der Waals surface area contributed by atoms with Crippen LogP contribution in [0.25, 0.3) is 10.6 Å². The van der Waals surface area contributed by atoms with E-state index in [4.69, 9.17) is 16.1 Å². The second-order valence-corrected chi connectivity index (χ2v) is 6.36. The highest BCUT2D eigenvalue weighted by Gasteiger charge is 2.30. The van der Waals surface area contributed by atoms with Crippen molar-refractivity contribution in [2.45, 2.75) is 18.8 Å². The van der Waals surface area contributed by atoms with E-state index in [1.165, 1.54) is 29.9 Å². The van der Waals surface area contributed by atoms with Gasteiger partial charge in [-0.15, -0.1) is 11.3 Å². The van der Waals surface area contributed by atoms with Crippen LogP contribution in [0.5, 0.6) is 0 Å². The average Bonchev–Trinajstić information content (AvgIpc) is 3.17. The van der Waals surface area contributed by atoms with E-state index in [0.717, 1.165) is 21.1 Å². The number of rotatable bonds is 4. The van der Waals surface area contributed by atoms with Crippen LogP contribution in [0, 0.1) is 5.41 Å². The van der Waals surface area contributed by atoms with Crippen LogP contribution >= 0.6 is 11.3 Å². The smallest absolute Gasteiger partial charge is 0.135 e. The zero-order chi connectivity index (χ0) is 14.3. The van der Waals surface area contributed by atoms with E-state index >= 15 is 0 Å². The minimum atomic E-state index is 0.139. The number of nitrogens with two attached hydrogens (primary N) is 1. The quantitative estimate of drug-likeness (QED) is 0.670. The van der Waals surface area contributed by atoms with E-state index in [1.54, 1.807) is 0 Å². The third kappa shape index (κ3) is 2.41. The molecular formula is C15H18N4S. The largest absolute Gasteiger partial charge is 0.383 e. The first kappa shape index (κ1) is 13.1. The summed E-state index contributed by atoms with van der Waals surface area (Å²) in [6, 6.07) is 8.32. The summed E-state index contributed by atoms with van der Waals surface area (Å²) in [4.78, 5) is 7.64. The molecule has 5 heteroatoms. The molecule has 20 heavy (non-hydrogen) atoms. The van der Waals surface area contributed by atoms with Gasteiger partial charge in [0.15, 0.2) is 0 Å². The van der Waals surface area contributed by atoms with Gasteiger partial charge in [-0.2, -0.15) is 0 Å². The van der Waals surface area contributed by atoms with Crippen LogP contribution in [0.2, 0.25) is 0 Å². The Hall–Kier alpha value is -1.88. The molecule has 0 bridgehead atoms. The van der Waals surface area contributed by atoms with Crippen LogP contribution in [0.3, 0.4) is 0 Å². The third-order valence-corrected chi connectivity index (χ3v) is 4.65. The number of nitrogens with one attached hydrogen (secondary N) is 1. The number of hydrogen-bond acceptors (Lipinski definition) is 4. The number of anilines is 1. The lowest BCUT2D eigenvalue weighted by atomic mass is 10.2. The fraction of sp³-hybridized carbons (Fsp3) is 0.333. The van der Waals surface area contributed by atoms with Crippen molar-refractivity contribution < 1.29 is 0 Å². The van der Waals surface area contributed by atoms with Crippen molar-refractivity contribution in [2.75, 3.05) is 19.0 Å². The second-order valence-electron chi connectivity index (χ2n) is 5.36. The number of hydrogen-bond donors (Lipinski definition) is 2. The number of nitrogens with zero attached hydrogens (tertiary/aromatic N) is 2.